The highest BCUT2D eigenvalue weighted by Crippen LogP contribution is 2.22. The van der Waals surface area contributed by atoms with Gasteiger partial charge in [0.2, 0.25) is 0 Å². The summed E-state index contributed by atoms with van der Waals surface area (Å²) in [5.74, 6) is 0. The van der Waals surface area contributed by atoms with Crippen molar-refractivity contribution in [1.82, 2.24) is 4.90 Å². The number of rotatable bonds is 8. The van der Waals surface area contributed by atoms with Gasteiger partial charge < -0.3 is 10.5 Å². The summed E-state index contributed by atoms with van der Waals surface area (Å²) in [7, 11) is 1.75. The Morgan fingerprint density at radius 3 is 2.07 bits per heavy atom. The standard InChI is InChI=1S/C11H26N2O/c1-5-11(6-2,10-12)13(7-3)8-9-14-4/h5-10,12H2,1-4H3. The summed E-state index contributed by atoms with van der Waals surface area (Å²) in [4.78, 5) is 2.44. The molecule has 0 aromatic carbocycles. The van der Waals surface area contributed by atoms with Crippen molar-refractivity contribution in [2.45, 2.75) is 39.2 Å². The Kier molecular flexibility index (Phi) is 7.15. The molecule has 0 aliphatic heterocycles. The van der Waals surface area contributed by atoms with E-state index in [4.69, 9.17) is 10.5 Å². The largest absolute Gasteiger partial charge is 0.383 e. The zero-order valence-electron chi connectivity index (χ0n) is 10.2. The van der Waals surface area contributed by atoms with Crippen LogP contribution in [0.15, 0.2) is 0 Å². The summed E-state index contributed by atoms with van der Waals surface area (Å²) in [6.07, 6.45) is 2.22. The van der Waals surface area contributed by atoms with E-state index < -0.39 is 0 Å². The van der Waals surface area contributed by atoms with Crippen LogP contribution in [0, 0.1) is 0 Å². The first-order valence-electron chi connectivity index (χ1n) is 5.64. The molecule has 0 aromatic rings. The van der Waals surface area contributed by atoms with Gasteiger partial charge >= 0.3 is 0 Å². The Balaban J connectivity index is 4.40. The van der Waals surface area contributed by atoms with E-state index in [1.807, 2.05) is 0 Å². The average molecular weight is 202 g/mol. The SMILES string of the molecule is CCN(CCOC)C(CC)(CC)CN. The van der Waals surface area contributed by atoms with Crippen molar-refractivity contribution < 1.29 is 4.74 Å². The van der Waals surface area contributed by atoms with Crippen molar-refractivity contribution in [2.75, 3.05) is 33.4 Å². The molecule has 0 atom stereocenters. The molecule has 0 amide bonds. The van der Waals surface area contributed by atoms with E-state index in [0.29, 0.717) is 0 Å². The minimum Gasteiger partial charge on any atom is -0.383 e. The van der Waals surface area contributed by atoms with Crippen molar-refractivity contribution in [3.8, 4) is 0 Å². The molecule has 0 bridgehead atoms. The second-order valence-corrected chi connectivity index (χ2v) is 3.71. The van der Waals surface area contributed by atoms with Crippen LogP contribution in [0.1, 0.15) is 33.6 Å². The van der Waals surface area contributed by atoms with E-state index in [-0.39, 0.29) is 5.54 Å². The third kappa shape index (κ3) is 3.23. The Hall–Kier alpha value is -0.120. The molecule has 0 aliphatic rings. The fraction of sp³-hybridized carbons (Fsp3) is 1.00. The van der Waals surface area contributed by atoms with Gasteiger partial charge in [-0.1, -0.05) is 20.8 Å². The summed E-state index contributed by atoms with van der Waals surface area (Å²) in [5, 5.41) is 0. The second-order valence-electron chi connectivity index (χ2n) is 3.71. The van der Waals surface area contributed by atoms with Gasteiger partial charge in [0, 0.05) is 25.7 Å². The minimum atomic E-state index is 0.174. The van der Waals surface area contributed by atoms with Crippen molar-refractivity contribution in [3.05, 3.63) is 0 Å². The number of hydrogen-bond donors (Lipinski definition) is 1. The van der Waals surface area contributed by atoms with E-state index in [2.05, 4.69) is 25.7 Å². The zero-order valence-corrected chi connectivity index (χ0v) is 10.2. The van der Waals surface area contributed by atoms with Crippen molar-refractivity contribution in [1.29, 1.82) is 0 Å². The van der Waals surface area contributed by atoms with E-state index in [0.717, 1.165) is 39.1 Å². The highest BCUT2D eigenvalue weighted by atomic mass is 16.5. The molecule has 0 fully saturated rings. The van der Waals surface area contributed by atoms with Gasteiger partial charge in [-0.3, -0.25) is 4.90 Å². The van der Waals surface area contributed by atoms with Crippen LogP contribution in [0.4, 0.5) is 0 Å². The van der Waals surface area contributed by atoms with Gasteiger partial charge in [0.15, 0.2) is 0 Å². The Bertz CT molecular complexity index is 127. The topological polar surface area (TPSA) is 38.5 Å². The zero-order chi connectivity index (χ0) is 11.0. The van der Waals surface area contributed by atoms with Crippen molar-refractivity contribution in [3.63, 3.8) is 0 Å². The Morgan fingerprint density at radius 2 is 1.79 bits per heavy atom. The molecule has 0 unspecified atom stereocenters. The Labute approximate surface area is 88.6 Å². The van der Waals surface area contributed by atoms with Gasteiger partial charge in [-0.05, 0) is 19.4 Å². The number of methoxy groups -OCH3 is 1. The van der Waals surface area contributed by atoms with E-state index >= 15 is 0 Å². The highest BCUT2D eigenvalue weighted by molar-refractivity contribution is 4.88. The molecular weight excluding hydrogens is 176 g/mol. The van der Waals surface area contributed by atoms with E-state index in [1.165, 1.54) is 0 Å². The summed E-state index contributed by atoms with van der Waals surface area (Å²) >= 11 is 0. The quantitative estimate of drug-likeness (QED) is 0.648. The molecule has 0 saturated carbocycles. The van der Waals surface area contributed by atoms with E-state index in [9.17, 15) is 0 Å². The summed E-state index contributed by atoms with van der Waals surface area (Å²) < 4.78 is 5.12. The summed E-state index contributed by atoms with van der Waals surface area (Å²) in [6, 6.07) is 0. The van der Waals surface area contributed by atoms with Crippen molar-refractivity contribution >= 4 is 0 Å². The highest BCUT2D eigenvalue weighted by Gasteiger charge is 2.30. The maximum atomic E-state index is 5.89. The lowest BCUT2D eigenvalue weighted by Gasteiger charge is -2.42. The van der Waals surface area contributed by atoms with Crippen molar-refractivity contribution in [2.24, 2.45) is 5.73 Å². The fourth-order valence-corrected chi connectivity index (χ4v) is 2.05. The molecule has 0 saturated heterocycles. The molecule has 0 heterocycles. The summed E-state index contributed by atoms with van der Waals surface area (Å²) in [5.41, 5.74) is 6.07. The maximum absolute atomic E-state index is 5.89. The average Bonchev–Trinajstić information content (AvgIpc) is 2.25. The number of nitrogens with two attached hydrogens (primary N) is 1. The van der Waals surface area contributed by atoms with Crippen LogP contribution in [-0.4, -0.2) is 43.8 Å². The smallest absolute Gasteiger partial charge is 0.0589 e. The summed E-state index contributed by atoms with van der Waals surface area (Å²) in [6.45, 7) is 10.2. The molecule has 14 heavy (non-hydrogen) atoms. The third-order valence-electron chi connectivity index (χ3n) is 3.31. The van der Waals surface area contributed by atoms with Gasteiger partial charge in [-0.15, -0.1) is 0 Å². The first kappa shape index (κ1) is 13.9. The number of ether oxygens (including phenoxy) is 1. The lowest BCUT2D eigenvalue weighted by atomic mass is 9.90. The van der Waals surface area contributed by atoms with Gasteiger partial charge in [0.1, 0.15) is 0 Å². The number of likely N-dealkylation sites (N-methyl/N-ethyl adjacent to an activating group) is 1. The van der Waals surface area contributed by atoms with Crippen LogP contribution in [0.25, 0.3) is 0 Å². The lowest BCUT2D eigenvalue weighted by molar-refractivity contribution is 0.0582. The molecule has 0 spiro atoms. The number of hydrogen-bond acceptors (Lipinski definition) is 3. The molecule has 2 N–H and O–H groups in total. The van der Waals surface area contributed by atoms with Crippen LogP contribution in [0.2, 0.25) is 0 Å². The molecular formula is C11H26N2O. The number of nitrogens with zero attached hydrogens (tertiary/aromatic N) is 1. The first-order chi connectivity index (χ1) is 6.70. The minimum absolute atomic E-state index is 0.174. The third-order valence-corrected chi connectivity index (χ3v) is 3.31. The lowest BCUT2D eigenvalue weighted by Crippen LogP contribution is -2.54. The normalized spacial score (nSPS) is 12.4. The molecule has 0 aromatic heterocycles. The maximum Gasteiger partial charge on any atom is 0.0589 e. The molecule has 0 radical (unpaired) electrons. The molecule has 0 rings (SSSR count). The van der Waals surface area contributed by atoms with Gasteiger partial charge in [0.25, 0.3) is 0 Å². The second kappa shape index (κ2) is 7.21. The molecule has 0 aliphatic carbocycles. The van der Waals surface area contributed by atoms with Gasteiger partial charge in [0.05, 0.1) is 6.61 Å². The molecule has 86 valence electrons. The van der Waals surface area contributed by atoms with Gasteiger partial charge in [-0.2, -0.15) is 0 Å². The van der Waals surface area contributed by atoms with Crippen LogP contribution >= 0.6 is 0 Å². The van der Waals surface area contributed by atoms with Crippen LogP contribution in [0.5, 0.6) is 0 Å². The van der Waals surface area contributed by atoms with Crippen LogP contribution in [0.3, 0.4) is 0 Å². The predicted molar refractivity (Wildman–Crippen MR) is 61.5 cm³/mol. The van der Waals surface area contributed by atoms with Gasteiger partial charge in [-0.25, -0.2) is 0 Å². The molecule has 3 nitrogen and oxygen atoms in total. The van der Waals surface area contributed by atoms with Crippen LogP contribution in [-0.2, 0) is 4.74 Å². The molecule has 3 heteroatoms. The Morgan fingerprint density at radius 1 is 1.21 bits per heavy atom. The predicted octanol–water partition coefficient (Wildman–Crippen LogP) is 1.47. The van der Waals surface area contributed by atoms with E-state index in [1.54, 1.807) is 7.11 Å². The first-order valence-corrected chi connectivity index (χ1v) is 5.64. The monoisotopic (exact) mass is 202 g/mol. The van der Waals surface area contributed by atoms with Crippen LogP contribution < -0.4 is 5.73 Å². The fourth-order valence-electron chi connectivity index (χ4n) is 2.05.